The van der Waals surface area contributed by atoms with Crippen LogP contribution in [-0.2, 0) is 0 Å². The van der Waals surface area contributed by atoms with Crippen LogP contribution in [0.25, 0.3) is 27.7 Å². The fraction of sp³-hybridized carbons (Fsp3) is 0.444. The third kappa shape index (κ3) is 3.88. The lowest BCUT2D eigenvalue weighted by molar-refractivity contribution is 0.0929. The van der Waals surface area contributed by atoms with Crippen LogP contribution >= 0.6 is 0 Å². The van der Waals surface area contributed by atoms with Crippen LogP contribution in [0.1, 0.15) is 48.9 Å². The molecule has 6 rings (SSSR count). The summed E-state index contributed by atoms with van der Waals surface area (Å²) in [5.41, 5.74) is 4.02. The predicted molar refractivity (Wildman–Crippen MR) is 137 cm³/mol. The third-order valence-electron chi connectivity index (χ3n) is 7.43. The Morgan fingerprint density at radius 1 is 0.912 bits per heavy atom. The van der Waals surface area contributed by atoms with Gasteiger partial charge in [-0.3, -0.25) is 9.20 Å². The first-order valence-corrected chi connectivity index (χ1v) is 12.6. The van der Waals surface area contributed by atoms with E-state index in [0.29, 0.717) is 11.2 Å². The molecule has 0 unspecified atom stereocenters. The summed E-state index contributed by atoms with van der Waals surface area (Å²) in [5, 5.41) is 4.24. The van der Waals surface area contributed by atoms with E-state index in [-0.39, 0.29) is 11.9 Å². The summed E-state index contributed by atoms with van der Waals surface area (Å²) in [5.74, 6) is 0.954. The van der Waals surface area contributed by atoms with Crippen molar-refractivity contribution in [3.63, 3.8) is 0 Å². The largest absolute Gasteiger partial charge is 0.355 e. The van der Waals surface area contributed by atoms with E-state index in [1.165, 1.54) is 19.3 Å². The maximum absolute atomic E-state index is 13.4. The smallest absolute Gasteiger partial charge is 0.255 e. The van der Waals surface area contributed by atoms with Crippen molar-refractivity contribution in [1.29, 1.82) is 0 Å². The molecule has 4 aromatic rings. The number of carbonyl (C=O) groups is 1. The molecule has 3 aromatic heterocycles. The molecule has 1 aliphatic carbocycles. The monoisotopic (exact) mass is 456 g/mol. The summed E-state index contributed by atoms with van der Waals surface area (Å²) in [4.78, 5) is 28.2. The van der Waals surface area contributed by atoms with Crippen LogP contribution in [0.2, 0.25) is 0 Å². The van der Waals surface area contributed by atoms with E-state index in [1.807, 2.05) is 24.3 Å². The van der Waals surface area contributed by atoms with Gasteiger partial charge in [-0.15, -0.1) is 0 Å². The molecule has 0 radical (unpaired) electrons. The molecule has 1 N–H and O–H groups in total. The lowest BCUT2D eigenvalue weighted by Crippen LogP contribution is -2.36. The Balaban J connectivity index is 1.48. The van der Waals surface area contributed by atoms with Gasteiger partial charge < -0.3 is 15.1 Å². The number of benzene rings is 1. The molecule has 7 nitrogen and oxygen atoms in total. The summed E-state index contributed by atoms with van der Waals surface area (Å²) in [7, 11) is 2.18. The Morgan fingerprint density at radius 2 is 1.76 bits per heavy atom. The minimum absolute atomic E-state index is 0.0336. The average molecular weight is 457 g/mol. The van der Waals surface area contributed by atoms with Gasteiger partial charge in [0.25, 0.3) is 5.91 Å². The molecule has 4 heterocycles. The molecule has 0 bridgehead atoms. The SMILES string of the molecule is CN1CCCN(c2ccc3cc(C(=O)NC4CCCCC4)c4nc5ccccc5n4c3n2)CC1. The zero-order valence-electron chi connectivity index (χ0n) is 19.8. The summed E-state index contributed by atoms with van der Waals surface area (Å²) >= 11 is 0. The van der Waals surface area contributed by atoms with Gasteiger partial charge in [0.1, 0.15) is 11.5 Å². The number of likely N-dealkylation sites (N-methyl/N-ethyl adjacent to an activating group) is 1. The molecule has 0 spiro atoms. The highest BCUT2D eigenvalue weighted by atomic mass is 16.1. The van der Waals surface area contributed by atoms with Crippen molar-refractivity contribution in [2.45, 2.75) is 44.6 Å². The van der Waals surface area contributed by atoms with Crippen LogP contribution in [0.3, 0.4) is 0 Å². The molecule has 1 amide bonds. The lowest BCUT2D eigenvalue weighted by Gasteiger charge is -2.23. The maximum Gasteiger partial charge on any atom is 0.255 e. The minimum atomic E-state index is -0.0336. The van der Waals surface area contributed by atoms with Crippen molar-refractivity contribution >= 4 is 39.4 Å². The molecule has 1 saturated carbocycles. The maximum atomic E-state index is 13.4. The number of aromatic nitrogens is 3. The highest BCUT2D eigenvalue weighted by Gasteiger charge is 2.22. The zero-order valence-corrected chi connectivity index (χ0v) is 19.8. The van der Waals surface area contributed by atoms with Crippen molar-refractivity contribution in [2.24, 2.45) is 0 Å². The van der Waals surface area contributed by atoms with Gasteiger partial charge in [0.15, 0.2) is 5.65 Å². The predicted octanol–water partition coefficient (Wildman–Crippen LogP) is 4.24. The molecule has 2 fully saturated rings. The molecule has 176 valence electrons. The van der Waals surface area contributed by atoms with Gasteiger partial charge in [-0.2, -0.15) is 0 Å². The second-order valence-electron chi connectivity index (χ2n) is 9.85. The first-order valence-electron chi connectivity index (χ1n) is 12.6. The standard InChI is InChI=1S/C27H32N6O/c1-31-14-7-15-32(17-16-31)24-13-12-19-18-21(27(34)28-20-8-3-2-4-9-20)26-29-22-10-5-6-11-23(22)33(26)25(19)30-24/h5-6,10-13,18,20H,2-4,7-9,14-17H2,1H3,(H,28,34). The van der Waals surface area contributed by atoms with Crippen LogP contribution in [0.5, 0.6) is 0 Å². The van der Waals surface area contributed by atoms with Crippen molar-refractivity contribution in [2.75, 3.05) is 38.1 Å². The van der Waals surface area contributed by atoms with Crippen molar-refractivity contribution in [3.8, 4) is 0 Å². The number of carbonyl (C=O) groups excluding carboxylic acids is 1. The third-order valence-corrected chi connectivity index (χ3v) is 7.43. The number of amides is 1. The van der Waals surface area contributed by atoms with Crippen LogP contribution in [0.15, 0.2) is 42.5 Å². The summed E-state index contributed by atoms with van der Waals surface area (Å²) in [6, 6.07) is 14.5. The first kappa shape index (κ1) is 21.4. The van der Waals surface area contributed by atoms with Gasteiger partial charge in [0, 0.05) is 31.1 Å². The van der Waals surface area contributed by atoms with E-state index >= 15 is 0 Å². The van der Waals surface area contributed by atoms with E-state index in [1.54, 1.807) is 0 Å². The van der Waals surface area contributed by atoms with Gasteiger partial charge in [0.2, 0.25) is 0 Å². The Labute approximate surface area is 199 Å². The summed E-state index contributed by atoms with van der Waals surface area (Å²) in [6.45, 7) is 4.10. The molecule has 1 saturated heterocycles. The fourth-order valence-corrected chi connectivity index (χ4v) is 5.51. The van der Waals surface area contributed by atoms with Crippen molar-refractivity contribution < 1.29 is 4.79 Å². The summed E-state index contributed by atoms with van der Waals surface area (Å²) < 4.78 is 2.08. The van der Waals surface area contributed by atoms with E-state index in [4.69, 9.17) is 9.97 Å². The van der Waals surface area contributed by atoms with Gasteiger partial charge in [-0.1, -0.05) is 31.4 Å². The van der Waals surface area contributed by atoms with Crippen LogP contribution in [0, 0.1) is 0 Å². The number of rotatable bonds is 3. The number of fused-ring (bicyclic) bond motifs is 5. The van der Waals surface area contributed by atoms with Gasteiger partial charge in [0.05, 0.1) is 16.6 Å². The number of nitrogens with one attached hydrogen (secondary N) is 1. The Bertz CT molecular complexity index is 1360. The normalized spacial score (nSPS) is 18.6. The highest BCUT2D eigenvalue weighted by Crippen LogP contribution is 2.28. The van der Waals surface area contributed by atoms with Gasteiger partial charge in [-0.05, 0) is 63.2 Å². The number of hydrogen-bond acceptors (Lipinski definition) is 5. The van der Waals surface area contributed by atoms with Crippen molar-refractivity contribution in [1.82, 2.24) is 24.6 Å². The van der Waals surface area contributed by atoms with E-state index in [2.05, 4.69) is 44.8 Å². The fourth-order valence-electron chi connectivity index (χ4n) is 5.51. The number of nitrogens with zero attached hydrogens (tertiary/aromatic N) is 5. The molecule has 2 aliphatic rings. The number of anilines is 1. The Hall–Kier alpha value is -3.19. The van der Waals surface area contributed by atoms with Crippen LogP contribution in [-0.4, -0.2) is 64.4 Å². The van der Waals surface area contributed by atoms with Gasteiger partial charge >= 0.3 is 0 Å². The number of imidazole rings is 1. The van der Waals surface area contributed by atoms with E-state index in [9.17, 15) is 4.79 Å². The number of hydrogen-bond donors (Lipinski definition) is 1. The molecule has 7 heteroatoms. The van der Waals surface area contributed by atoms with Crippen LogP contribution < -0.4 is 10.2 Å². The zero-order chi connectivity index (χ0) is 23.1. The molecule has 0 atom stereocenters. The second kappa shape index (κ2) is 8.87. The van der Waals surface area contributed by atoms with Crippen LogP contribution in [0.4, 0.5) is 5.82 Å². The molecule has 34 heavy (non-hydrogen) atoms. The second-order valence-corrected chi connectivity index (χ2v) is 9.85. The van der Waals surface area contributed by atoms with Crippen molar-refractivity contribution in [3.05, 3.63) is 48.0 Å². The summed E-state index contributed by atoms with van der Waals surface area (Å²) in [6.07, 6.45) is 6.87. The molecule has 1 aliphatic heterocycles. The topological polar surface area (TPSA) is 65.8 Å². The molecular weight excluding hydrogens is 424 g/mol. The first-order chi connectivity index (χ1) is 16.7. The Kier molecular flexibility index (Phi) is 5.57. The lowest BCUT2D eigenvalue weighted by atomic mass is 9.95. The molecular formula is C27H32N6O. The number of para-hydroxylation sites is 2. The van der Waals surface area contributed by atoms with Gasteiger partial charge in [-0.25, -0.2) is 9.97 Å². The number of pyridine rings is 2. The minimum Gasteiger partial charge on any atom is -0.355 e. The quantitative estimate of drug-likeness (QED) is 0.500. The van der Waals surface area contributed by atoms with E-state index in [0.717, 1.165) is 73.3 Å². The Morgan fingerprint density at radius 3 is 2.65 bits per heavy atom. The molecule has 1 aromatic carbocycles. The highest BCUT2D eigenvalue weighted by molar-refractivity contribution is 6.05. The van der Waals surface area contributed by atoms with E-state index < -0.39 is 0 Å². The average Bonchev–Trinajstić information content (AvgIpc) is 3.12.